The van der Waals surface area contributed by atoms with Crippen LogP contribution in [0.1, 0.15) is 47.2 Å². The first-order valence-electron chi connectivity index (χ1n) is 9.59. The average Bonchev–Trinajstić information content (AvgIpc) is 3.07. The Morgan fingerprint density at radius 3 is 2.43 bits per heavy atom. The fourth-order valence-electron chi connectivity index (χ4n) is 2.96. The van der Waals surface area contributed by atoms with Crippen molar-refractivity contribution in [2.75, 3.05) is 0 Å². The summed E-state index contributed by atoms with van der Waals surface area (Å²) < 4.78 is 1.93. The molecule has 3 aromatic rings. The van der Waals surface area contributed by atoms with Crippen LogP contribution in [0, 0.1) is 12.8 Å². The lowest BCUT2D eigenvalue weighted by Gasteiger charge is -2.21. The van der Waals surface area contributed by atoms with E-state index < -0.39 is 0 Å². The van der Waals surface area contributed by atoms with E-state index >= 15 is 0 Å². The molecule has 0 aliphatic rings. The molecular formula is C22H24Cl2N4OS. The molecule has 158 valence electrons. The first-order valence-corrected chi connectivity index (χ1v) is 11.3. The molecule has 0 saturated carbocycles. The van der Waals surface area contributed by atoms with Gasteiger partial charge in [0, 0.05) is 18.4 Å². The molecule has 1 N–H and O–H groups in total. The first kappa shape index (κ1) is 22.7. The minimum atomic E-state index is -0.254. The summed E-state index contributed by atoms with van der Waals surface area (Å²) >= 11 is 13.6. The minimum absolute atomic E-state index is 0.123. The minimum Gasteiger partial charge on any atom is -0.342 e. The summed E-state index contributed by atoms with van der Waals surface area (Å²) in [6.07, 6.45) is 0. The third-order valence-corrected chi connectivity index (χ3v) is 6.60. The van der Waals surface area contributed by atoms with Crippen molar-refractivity contribution in [1.82, 2.24) is 20.1 Å². The SMILES string of the molecule is Cc1ccc(C(=O)N[C@@H](c2nnc(SCc3ccc(Cl)c(Cl)c3)n2C)C(C)C)cc1. The Kier molecular flexibility index (Phi) is 7.45. The van der Waals surface area contributed by atoms with Gasteiger partial charge in [-0.2, -0.15) is 0 Å². The molecule has 0 fully saturated rings. The number of nitrogens with one attached hydrogen (secondary N) is 1. The zero-order chi connectivity index (χ0) is 21.8. The molecule has 1 atom stereocenters. The molecule has 1 amide bonds. The number of thioether (sulfide) groups is 1. The van der Waals surface area contributed by atoms with Gasteiger partial charge in [0.1, 0.15) is 0 Å². The number of hydrogen-bond donors (Lipinski definition) is 1. The predicted molar refractivity (Wildman–Crippen MR) is 123 cm³/mol. The Morgan fingerprint density at radius 1 is 1.10 bits per heavy atom. The molecule has 0 saturated heterocycles. The molecule has 1 aromatic heterocycles. The molecule has 0 bridgehead atoms. The second-order valence-electron chi connectivity index (χ2n) is 7.50. The van der Waals surface area contributed by atoms with Crippen LogP contribution in [0.5, 0.6) is 0 Å². The maximum Gasteiger partial charge on any atom is 0.251 e. The Bertz CT molecular complexity index is 1030. The number of amides is 1. The topological polar surface area (TPSA) is 59.8 Å². The lowest BCUT2D eigenvalue weighted by Crippen LogP contribution is -2.33. The zero-order valence-electron chi connectivity index (χ0n) is 17.3. The van der Waals surface area contributed by atoms with E-state index in [2.05, 4.69) is 29.4 Å². The molecule has 3 rings (SSSR count). The fraction of sp³-hybridized carbons (Fsp3) is 0.318. The van der Waals surface area contributed by atoms with Gasteiger partial charge < -0.3 is 9.88 Å². The van der Waals surface area contributed by atoms with Gasteiger partial charge in [-0.3, -0.25) is 4.79 Å². The van der Waals surface area contributed by atoms with Crippen LogP contribution in [0.25, 0.3) is 0 Å². The number of aromatic nitrogens is 3. The maximum absolute atomic E-state index is 12.7. The van der Waals surface area contributed by atoms with Crippen LogP contribution in [0.15, 0.2) is 47.6 Å². The van der Waals surface area contributed by atoms with Crippen molar-refractivity contribution in [3.8, 4) is 0 Å². The van der Waals surface area contributed by atoms with Gasteiger partial charge in [-0.1, -0.05) is 72.6 Å². The van der Waals surface area contributed by atoms with Crippen LogP contribution in [0.3, 0.4) is 0 Å². The molecule has 0 spiro atoms. The second kappa shape index (κ2) is 9.86. The van der Waals surface area contributed by atoms with Crippen LogP contribution in [-0.4, -0.2) is 20.7 Å². The normalized spacial score (nSPS) is 12.2. The quantitative estimate of drug-likeness (QED) is 0.447. The van der Waals surface area contributed by atoms with E-state index in [1.54, 1.807) is 17.8 Å². The van der Waals surface area contributed by atoms with Crippen molar-refractivity contribution < 1.29 is 4.79 Å². The molecule has 1 heterocycles. The van der Waals surface area contributed by atoms with Gasteiger partial charge in [0.05, 0.1) is 16.1 Å². The van der Waals surface area contributed by atoms with Gasteiger partial charge in [0.25, 0.3) is 5.91 Å². The summed E-state index contributed by atoms with van der Waals surface area (Å²) in [5, 5.41) is 13.7. The smallest absolute Gasteiger partial charge is 0.251 e. The van der Waals surface area contributed by atoms with Crippen LogP contribution >= 0.6 is 35.0 Å². The average molecular weight is 463 g/mol. The van der Waals surface area contributed by atoms with Crippen LogP contribution in [-0.2, 0) is 12.8 Å². The van der Waals surface area contributed by atoms with E-state index in [-0.39, 0.29) is 17.9 Å². The Hall–Kier alpha value is -2.02. The molecule has 0 unspecified atom stereocenters. The second-order valence-corrected chi connectivity index (χ2v) is 9.26. The number of hydrogen-bond acceptors (Lipinski definition) is 4. The summed E-state index contributed by atoms with van der Waals surface area (Å²) in [6, 6.07) is 12.9. The summed E-state index contributed by atoms with van der Waals surface area (Å²) in [6.45, 7) is 6.10. The van der Waals surface area contributed by atoms with Gasteiger partial charge in [0.15, 0.2) is 11.0 Å². The van der Waals surface area contributed by atoms with Crippen LogP contribution in [0.2, 0.25) is 10.0 Å². The lowest BCUT2D eigenvalue weighted by atomic mass is 10.0. The van der Waals surface area contributed by atoms with Crippen molar-refractivity contribution in [3.05, 3.63) is 75.0 Å². The molecule has 0 aliphatic heterocycles. The number of aryl methyl sites for hydroxylation is 1. The number of carbonyl (C=O) groups excluding carboxylic acids is 1. The largest absolute Gasteiger partial charge is 0.342 e. The van der Waals surface area contributed by atoms with Gasteiger partial charge >= 0.3 is 0 Å². The Labute approximate surface area is 191 Å². The van der Waals surface area contributed by atoms with E-state index in [0.717, 1.165) is 22.1 Å². The summed E-state index contributed by atoms with van der Waals surface area (Å²) in [5.74, 6) is 1.43. The van der Waals surface area contributed by atoms with Gasteiger partial charge in [0.2, 0.25) is 0 Å². The zero-order valence-corrected chi connectivity index (χ0v) is 19.6. The van der Waals surface area contributed by atoms with E-state index in [1.807, 2.05) is 54.9 Å². The highest BCUT2D eigenvalue weighted by Gasteiger charge is 2.25. The monoisotopic (exact) mass is 462 g/mol. The highest BCUT2D eigenvalue weighted by molar-refractivity contribution is 7.98. The number of carbonyl (C=O) groups is 1. The van der Waals surface area contributed by atoms with E-state index in [9.17, 15) is 4.79 Å². The number of rotatable bonds is 7. The molecule has 30 heavy (non-hydrogen) atoms. The van der Waals surface area contributed by atoms with Crippen molar-refractivity contribution >= 4 is 40.9 Å². The summed E-state index contributed by atoms with van der Waals surface area (Å²) in [5.41, 5.74) is 2.79. The lowest BCUT2D eigenvalue weighted by molar-refractivity contribution is 0.0922. The van der Waals surface area contributed by atoms with Crippen LogP contribution < -0.4 is 5.32 Å². The van der Waals surface area contributed by atoms with E-state index in [1.165, 1.54) is 0 Å². The first-order chi connectivity index (χ1) is 14.3. The third kappa shape index (κ3) is 5.36. The summed E-state index contributed by atoms with van der Waals surface area (Å²) in [7, 11) is 1.92. The molecule has 0 aliphatic carbocycles. The number of halogens is 2. The van der Waals surface area contributed by atoms with Crippen molar-refractivity contribution in [3.63, 3.8) is 0 Å². The Balaban J connectivity index is 1.74. The summed E-state index contributed by atoms with van der Waals surface area (Å²) in [4.78, 5) is 12.7. The molecule has 5 nitrogen and oxygen atoms in total. The molecule has 8 heteroatoms. The van der Waals surface area contributed by atoms with Crippen LogP contribution in [0.4, 0.5) is 0 Å². The van der Waals surface area contributed by atoms with E-state index in [0.29, 0.717) is 21.4 Å². The number of nitrogens with zero attached hydrogens (tertiary/aromatic N) is 3. The van der Waals surface area contributed by atoms with Gasteiger partial charge in [-0.25, -0.2) is 0 Å². The standard InChI is InChI=1S/C22H24Cl2N4OS/c1-13(2)19(25-21(29)16-8-5-14(3)6-9-16)20-26-27-22(28(20)4)30-12-15-7-10-17(23)18(24)11-15/h5-11,13,19H,12H2,1-4H3,(H,25,29)/t19-/m1/s1. The highest BCUT2D eigenvalue weighted by Crippen LogP contribution is 2.29. The highest BCUT2D eigenvalue weighted by atomic mass is 35.5. The molecule has 0 radical (unpaired) electrons. The van der Waals surface area contributed by atoms with Crippen molar-refractivity contribution in [2.45, 2.75) is 37.7 Å². The predicted octanol–water partition coefficient (Wildman–Crippen LogP) is 5.85. The maximum atomic E-state index is 12.7. The van der Waals surface area contributed by atoms with Crippen molar-refractivity contribution in [1.29, 1.82) is 0 Å². The Morgan fingerprint density at radius 2 is 1.80 bits per heavy atom. The number of benzene rings is 2. The van der Waals surface area contributed by atoms with E-state index in [4.69, 9.17) is 23.2 Å². The third-order valence-electron chi connectivity index (χ3n) is 4.77. The van der Waals surface area contributed by atoms with Gasteiger partial charge in [-0.15, -0.1) is 10.2 Å². The molecular weight excluding hydrogens is 439 g/mol. The van der Waals surface area contributed by atoms with Crippen molar-refractivity contribution in [2.24, 2.45) is 13.0 Å². The van der Waals surface area contributed by atoms with Gasteiger partial charge in [-0.05, 0) is 42.7 Å². The fourth-order valence-corrected chi connectivity index (χ4v) is 4.14. The molecule has 2 aromatic carbocycles.